The number of rotatable bonds is 6. The summed E-state index contributed by atoms with van der Waals surface area (Å²) in [5, 5.41) is 3.08. The molecule has 2 rings (SSSR count). The van der Waals surface area contributed by atoms with Crippen molar-refractivity contribution in [3.05, 3.63) is 29.8 Å². The topological polar surface area (TPSA) is 64.4 Å². The number of benzene rings is 1. The van der Waals surface area contributed by atoms with Crippen LogP contribution in [0.25, 0.3) is 0 Å². The molecule has 1 aromatic rings. The van der Waals surface area contributed by atoms with Crippen LogP contribution < -0.4 is 15.8 Å². The van der Waals surface area contributed by atoms with Crippen molar-refractivity contribution in [3.63, 3.8) is 0 Å². The summed E-state index contributed by atoms with van der Waals surface area (Å²) < 4.78 is 5.57. The summed E-state index contributed by atoms with van der Waals surface area (Å²) in [5.74, 6) is 0.990. The van der Waals surface area contributed by atoms with Gasteiger partial charge in [-0.15, -0.1) is 0 Å². The minimum absolute atomic E-state index is 0.0153. The first-order chi connectivity index (χ1) is 9.58. The molecule has 3 unspecified atom stereocenters. The maximum Gasteiger partial charge on any atom is 0.223 e. The molecule has 0 radical (unpaired) electrons. The molecule has 3 N–H and O–H groups in total. The maximum absolute atomic E-state index is 12.2. The summed E-state index contributed by atoms with van der Waals surface area (Å²) in [6.45, 7) is 4.49. The Hall–Kier alpha value is -1.55. The lowest BCUT2D eigenvalue weighted by Crippen LogP contribution is -2.33. The molecule has 0 bridgehead atoms. The lowest BCUT2D eigenvalue weighted by Gasteiger charge is -2.16. The van der Waals surface area contributed by atoms with Crippen molar-refractivity contribution in [2.45, 2.75) is 45.2 Å². The number of ether oxygens (including phenoxy) is 1. The number of nitrogens with one attached hydrogen (secondary N) is 1. The van der Waals surface area contributed by atoms with Gasteiger partial charge < -0.3 is 15.8 Å². The number of fused-ring (bicyclic) bond motifs is 1. The first-order valence-electron chi connectivity index (χ1n) is 7.35. The van der Waals surface area contributed by atoms with E-state index in [1.54, 1.807) is 0 Å². The van der Waals surface area contributed by atoms with Crippen LogP contribution in [0.1, 0.15) is 44.7 Å². The van der Waals surface area contributed by atoms with E-state index in [0.29, 0.717) is 6.61 Å². The summed E-state index contributed by atoms with van der Waals surface area (Å²) in [6.07, 6.45) is 2.83. The SMILES string of the molecule is CC(N)CCCC(C)C(=O)NC1COc2ccccc21. The number of hydrogen-bond donors (Lipinski definition) is 2. The maximum atomic E-state index is 12.2. The molecular formula is C16H24N2O2. The summed E-state index contributed by atoms with van der Waals surface area (Å²) in [7, 11) is 0. The molecule has 1 aliphatic rings. The lowest BCUT2D eigenvalue weighted by molar-refractivity contribution is -0.125. The van der Waals surface area contributed by atoms with Gasteiger partial charge in [0.1, 0.15) is 12.4 Å². The first-order valence-corrected chi connectivity index (χ1v) is 7.35. The largest absolute Gasteiger partial charge is 0.491 e. The molecule has 1 amide bonds. The van der Waals surface area contributed by atoms with Gasteiger partial charge in [-0.05, 0) is 25.8 Å². The molecule has 0 spiro atoms. The molecule has 4 heteroatoms. The molecule has 1 aliphatic heterocycles. The Morgan fingerprint density at radius 3 is 2.90 bits per heavy atom. The molecule has 0 saturated carbocycles. The molecule has 1 heterocycles. The minimum Gasteiger partial charge on any atom is -0.491 e. The van der Waals surface area contributed by atoms with Gasteiger partial charge in [0.25, 0.3) is 0 Å². The zero-order valence-corrected chi connectivity index (χ0v) is 12.3. The van der Waals surface area contributed by atoms with E-state index in [1.807, 2.05) is 38.1 Å². The van der Waals surface area contributed by atoms with Crippen molar-refractivity contribution in [2.24, 2.45) is 11.7 Å². The highest BCUT2D eigenvalue weighted by molar-refractivity contribution is 5.79. The molecule has 0 aliphatic carbocycles. The molecule has 110 valence electrons. The molecular weight excluding hydrogens is 252 g/mol. The van der Waals surface area contributed by atoms with E-state index in [9.17, 15) is 4.79 Å². The predicted octanol–water partition coefficient (Wildman–Crippen LogP) is 2.39. The number of nitrogens with two attached hydrogens (primary N) is 1. The molecule has 3 atom stereocenters. The van der Waals surface area contributed by atoms with Crippen molar-refractivity contribution in [3.8, 4) is 5.75 Å². The van der Waals surface area contributed by atoms with Gasteiger partial charge >= 0.3 is 0 Å². The van der Waals surface area contributed by atoms with E-state index < -0.39 is 0 Å². The monoisotopic (exact) mass is 276 g/mol. The number of carbonyl (C=O) groups is 1. The third kappa shape index (κ3) is 3.73. The second kappa shape index (κ2) is 6.75. The Balaban J connectivity index is 1.83. The fraction of sp³-hybridized carbons (Fsp3) is 0.562. The Morgan fingerprint density at radius 2 is 2.15 bits per heavy atom. The number of para-hydroxylation sites is 1. The van der Waals surface area contributed by atoms with E-state index in [1.165, 1.54) is 0 Å². The number of amides is 1. The fourth-order valence-corrected chi connectivity index (χ4v) is 2.47. The highest BCUT2D eigenvalue weighted by Crippen LogP contribution is 2.31. The van der Waals surface area contributed by atoms with E-state index in [0.717, 1.165) is 30.6 Å². The Morgan fingerprint density at radius 1 is 1.40 bits per heavy atom. The third-order valence-electron chi connectivity index (χ3n) is 3.76. The van der Waals surface area contributed by atoms with Crippen molar-refractivity contribution >= 4 is 5.91 Å². The highest BCUT2D eigenvalue weighted by atomic mass is 16.5. The second-order valence-electron chi connectivity index (χ2n) is 5.72. The van der Waals surface area contributed by atoms with E-state index in [4.69, 9.17) is 10.5 Å². The van der Waals surface area contributed by atoms with Gasteiger partial charge in [0.2, 0.25) is 5.91 Å². The van der Waals surface area contributed by atoms with Gasteiger partial charge in [0.15, 0.2) is 0 Å². The van der Waals surface area contributed by atoms with Crippen LogP contribution in [0.3, 0.4) is 0 Å². The summed E-state index contributed by atoms with van der Waals surface area (Å²) >= 11 is 0. The van der Waals surface area contributed by atoms with Gasteiger partial charge in [-0.25, -0.2) is 0 Å². The zero-order valence-electron chi connectivity index (χ0n) is 12.3. The van der Waals surface area contributed by atoms with Crippen molar-refractivity contribution in [1.82, 2.24) is 5.32 Å². The zero-order chi connectivity index (χ0) is 14.5. The van der Waals surface area contributed by atoms with Crippen LogP contribution in [-0.2, 0) is 4.79 Å². The van der Waals surface area contributed by atoms with Crippen molar-refractivity contribution in [1.29, 1.82) is 0 Å². The Kier molecular flexibility index (Phi) is 5.01. The average Bonchev–Trinajstić information content (AvgIpc) is 2.81. The summed E-state index contributed by atoms with van der Waals surface area (Å²) in [6, 6.07) is 8.05. The molecule has 4 nitrogen and oxygen atoms in total. The Bertz CT molecular complexity index is 460. The average molecular weight is 276 g/mol. The fourth-order valence-electron chi connectivity index (χ4n) is 2.47. The normalized spacial score (nSPS) is 19.9. The third-order valence-corrected chi connectivity index (χ3v) is 3.76. The van der Waals surface area contributed by atoms with Gasteiger partial charge in [0, 0.05) is 17.5 Å². The second-order valence-corrected chi connectivity index (χ2v) is 5.72. The minimum atomic E-state index is -0.0189. The van der Waals surface area contributed by atoms with Gasteiger partial charge in [-0.2, -0.15) is 0 Å². The lowest BCUT2D eigenvalue weighted by atomic mass is 10.0. The molecule has 0 aromatic heterocycles. The van der Waals surface area contributed by atoms with Crippen LogP contribution in [0.5, 0.6) is 5.75 Å². The predicted molar refractivity (Wildman–Crippen MR) is 79.5 cm³/mol. The van der Waals surface area contributed by atoms with Crippen LogP contribution in [0, 0.1) is 5.92 Å². The van der Waals surface area contributed by atoms with Gasteiger partial charge in [-0.3, -0.25) is 4.79 Å². The summed E-state index contributed by atoms with van der Waals surface area (Å²) in [4.78, 5) is 12.2. The van der Waals surface area contributed by atoms with Crippen molar-refractivity contribution < 1.29 is 9.53 Å². The quantitative estimate of drug-likeness (QED) is 0.838. The summed E-state index contributed by atoms with van der Waals surface area (Å²) in [5.41, 5.74) is 6.80. The van der Waals surface area contributed by atoms with Crippen LogP contribution >= 0.6 is 0 Å². The first kappa shape index (κ1) is 14.9. The van der Waals surface area contributed by atoms with Gasteiger partial charge in [-0.1, -0.05) is 31.5 Å². The Labute approximate surface area is 120 Å². The smallest absolute Gasteiger partial charge is 0.223 e. The van der Waals surface area contributed by atoms with Crippen LogP contribution in [0.15, 0.2) is 24.3 Å². The number of hydrogen-bond acceptors (Lipinski definition) is 3. The van der Waals surface area contributed by atoms with Crippen LogP contribution in [-0.4, -0.2) is 18.6 Å². The standard InChI is InChI=1S/C16H24N2O2/c1-11(6-5-7-12(2)17)16(19)18-14-10-20-15-9-4-3-8-13(14)15/h3-4,8-9,11-12,14H,5-7,10,17H2,1-2H3,(H,18,19). The van der Waals surface area contributed by atoms with E-state index >= 15 is 0 Å². The molecule has 20 heavy (non-hydrogen) atoms. The molecule has 0 fully saturated rings. The molecule has 0 saturated heterocycles. The van der Waals surface area contributed by atoms with Crippen LogP contribution in [0.2, 0.25) is 0 Å². The number of carbonyl (C=O) groups excluding carboxylic acids is 1. The van der Waals surface area contributed by atoms with E-state index in [-0.39, 0.29) is 23.9 Å². The molecule has 1 aromatic carbocycles. The highest BCUT2D eigenvalue weighted by Gasteiger charge is 2.26. The van der Waals surface area contributed by atoms with Gasteiger partial charge in [0.05, 0.1) is 6.04 Å². The van der Waals surface area contributed by atoms with E-state index in [2.05, 4.69) is 5.32 Å². The van der Waals surface area contributed by atoms with Crippen LogP contribution in [0.4, 0.5) is 0 Å². The van der Waals surface area contributed by atoms with Crippen molar-refractivity contribution in [2.75, 3.05) is 6.61 Å².